The van der Waals surface area contributed by atoms with Crippen molar-refractivity contribution in [2.45, 2.75) is 6.61 Å². The molecule has 1 heterocycles. The zero-order valence-corrected chi connectivity index (χ0v) is 10.8. The SMILES string of the molecule is O/N=C1/COc2cc(OCc3c(F)cccc3F)ccc21. The Morgan fingerprint density at radius 3 is 2.67 bits per heavy atom. The summed E-state index contributed by atoms with van der Waals surface area (Å²) in [6.45, 7) is -0.0462. The summed E-state index contributed by atoms with van der Waals surface area (Å²) in [7, 11) is 0. The highest BCUT2D eigenvalue weighted by atomic mass is 19.1. The molecule has 0 aliphatic carbocycles. The van der Waals surface area contributed by atoms with Crippen molar-refractivity contribution >= 4 is 5.71 Å². The van der Waals surface area contributed by atoms with Gasteiger partial charge in [0.25, 0.3) is 0 Å². The molecule has 4 nitrogen and oxygen atoms in total. The molecular formula is C15H11F2NO3. The Labute approximate surface area is 119 Å². The van der Waals surface area contributed by atoms with Crippen LogP contribution >= 0.6 is 0 Å². The van der Waals surface area contributed by atoms with Gasteiger partial charge in [-0.2, -0.15) is 0 Å². The molecule has 0 fully saturated rings. The Bertz CT molecular complexity index is 696. The fourth-order valence-electron chi connectivity index (χ4n) is 2.08. The molecule has 0 aromatic heterocycles. The zero-order valence-electron chi connectivity index (χ0n) is 10.8. The summed E-state index contributed by atoms with van der Waals surface area (Å²) in [5.74, 6) is -0.380. The topological polar surface area (TPSA) is 51.1 Å². The summed E-state index contributed by atoms with van der Waals surface area (Å²) in [6, 6.07) is 8.54. The van der Waals surface area contributed by atoms with Gasteiger partial charge >= 0.3 is 0 Å². The normalized spacial score (nSPS) is 14.9. The molecule has 0 radical (unpaired) electrons. The minimum absolute atomic E-state index is 0.128. The summed E-state index contributed by atoms with van der Waals surface area (Å²) in [5, 5.41) is 11.9. The first kappa shape index (κ1) is 13.4. The van der Waals surface area contributed by atoms with Gasteiger partial charge in [-0.3, -0.25) is 0 Å². The van der Waals surface area contributed by atoms with Crippen LogP contribution in [0.15, 0.2) is 41.6 Å². The molecule has 0 amide bonds. The summed E-state index contributed by atoms with van der Waals surface area (Å²) in [4.78, 5) is 0. The quantitative estimate of drug-likeness (QED) is 0.698. The highest BCUT2D eigenvalue weighted by molar-refractivity contribution is 6.06. The predicted molar refractivity (Wildman–Crippen MR) is 71.0 cm³/mol. The van der Waals surface area contributed by atoms with Gasteiger partial charge < -0.3 is 14.7 Å². The van der Waals surface area contributed by atoms with E-state index >= 15 is 0 Å². The third kappa shape index (κ3) is 2.52. The predicted octanol–water partition coefficient (Wildman–Crippen LogP) is 3.11. The van der Waals surface area contributed by atoms with Crippen LogP contribution in [0.3, 0.4) is 0 Å². The molecular weight excluding hydrogens is 280 g/mol. The van der Waals surface area contributed by atoms with Crippen molar-refractivity contribution in [3.8, 4) is 11.5 Å². The summed E-state index contributed by atoms with van der Waals surface area (Å²) in [5.41, 5.74) is 0.968. The lowest BCUT2D eigenvalue weighted by molar-refractivity contribution is 0.290. The first-order valence-corrected chi connectivity index (χ1v) is 6.23. The number of ether oxygens (including phenoxy) is 2. The van der Waals surface area contributed by atoms with E-state index in [9.17, 15) is 8.78 Å². The summed E-state index contributed by atoms with van der Waals surface area (Å²) >= 11 is 0. The van der Waals surface area contributed by atoms with Crippen molar-refractivity contribution in [2.75, 3.05) is 6.61 Å². The van der Waals surface area contributed by atoms with Crippen molar-refractivity contribution in [3.63, 3.8) is 0 Å². The number of benzene rings is 2. The lowest BCUT2D eigenvalue weighted by Crippen LogP contribution is -2.02. The first-order valence-electron chi connectivity index (χ1n) is 6.23. The summed E-state index contributed by atoms with van der Waals surface area (Å²) in [6.07, 6.45) is 0. The number of hydrogen-bond donors (Lipinski definition) is 1. The maximum absolute atomic E-state index is 13.5. The number of rotatable bonds is 3. The maximum Gasteiger partial charge on any atom is 0.134 e. The van der Waals surface area contributed by atoms with E-state index in [1.54, 1.807) is 18.2 Å². The molecule has 0 saturated heterocycles. The fourth-order valence-corrected chi connectivity index (χ4v) is 2.08. The van der Waals surface area contributed by atoms with Gasteiger partial charge in [-0.1, -0.05) is 11.2 Å². The molecule has 6 heteroatoms. The van der Waals surface area contributed by atoms with E-state index in [0.29, 0.717) is 22.8 Å². The Hall–Kier alpha value is -2.63. The number of halogens is 2. The van der Waals surface area contributed by atoms with Crippen molar-refractivity contribution in [1.82, 2.24) is 0 Å². The summed E-state index contributed by atoms with van der Waals surface area (Å²) < 4.78 is 37.7. The van der Waals surface area contributed by atoms with Gasteiger partial charge in [-0.25, -0.2) is 8.78 Å². The van der Waals surface area contributed by atoms with E-state index in [1.807, 2.05) is 0 Å². The van der Waals surface area contributed by atoms with E-state index in [1.165, 1.54) is 18.2 Å². The van der Waals surface area contributed by atoms with Crippen LogP contribution in [0.5, 0.6) is 11.5 Å². The van der Waals surface area contributed by atoms with Crippen LogP contribution < -0.4 is 9.47 Å². The largest absolute Gasteiger partial charge is 0.489 e. The molecule has 3 rings (SSSR count). The monoisotopic (exact) mass is 291 g/mol. The van der Waals surface area contributed by atoms with Gasteiger partial charge in [0, 0.05) is 11.6 Å². The van der Waals surface area contributed by atoms with Crippen molar-refractivity contribution < 1.29 is 23.5 Å². The fraction of sp³-hybridized carbons (Fsp3) is 0.133. The molecule has 1 aliphatic rings. The number of fused-ring (bicyclic) bond motifs is 1. The molecule has 0 unspecified atom stereocenters. The van der Waals surface area contributed by atoms with Crippen LogP contribution in [-0.2, 0) is 6.61 Å². The molecule has 108 valence electrons. The van der Waals surface area contributed by atoms with Crippen LogP contribution in [0.4, 0.5) is 8.78 Å². The van der Waals surface area contributed by atoms with Crippen molar-refractivity contribution in [1.29, 1.82) is 0 Å². The maximum atomic E-state index is 13.5. The minimum atomic E-state index is -0.651. The smallest absolute Gasteiger partial charge is 0.134 e. The highest BCUT2D eigenvalue weighted by Gasteiger charge is 2.20. The van der Waals surface area contributed by atoms with Gasteiger partial charge in [0.15, 0.2) is 0 Å². The Morgan fingerprint density at radius 2 is 1.95 bits per heavy atom. The lowest BCUT2D eigenvalue weighted by Gasteiger charge is -2.09. The van der Waals surface area contributed by atoms with Gasteiger partial charge in [0.2, 0.25) is 0 Å². The van der Waals surface area contributed by atoms with E-state index < -0.39 is 11.6 Å². The molecule has 21 heavy (non-hydrogen) atoms. The van der Waals surface area contributed by atoms with Crippen molar-refractivity contribution in [2.24, 2.45) is 5.16 Å². The average molecular weight is 291 g/mol. The number of hydrogen-bond acceptors (Lipinski definition) is 4. The molecule has 1 N–H and O–H groups in total. The second kappa shape index (κ2) is 5.40. The van der Waals surface area contributed by atoms with Crippen LogP contribution in [0.1, 0.15) is 11.1 Å². The second-order valence-electron chi connectivity index (χ2n) is 4.48. The molecule has 0 saturated carbocycles. The van der Waals surface area contributed by atoms with Gasteiger partial charge in [0.1, 0.15) is 42.1 Å². The van der Waals surface area contributed by atoms with E-state index in [2.05, 4.69) is 5.16 Å². The molecule has 0 bridgehead atoms. The molecule has 0 spiro atoms. The number of nitrogens with zero attached hydrogens (tertiary/aromatic N) is 1. The average Bonchev–Trinajstić information content (AvgIpc) is 2.89. The van der Waals surface area contributed by atoms with Gasteiger partial charge in [-0.15, -0.1) is 0 Å². The lowest BCUT2D eigenvalue weighted by atomic mass is 10.1. The highest BCUT2D eigenvalue weighted by Crippen LogP contribution is 2.30. The van der Waals surface area contributed by atoms with Crippen LogP contribution in [0.2, 0.25) is 0 Å². The third-order valence-electron chi connectivity index (χ3n) is 3.19. The van der Waals surface area contributed by atoms with Gasteiger partial charge in [-0.05, 0) is 24.3 Å². The van der Waals surface area contributed by atoms with Crippen LogP contribution in [0, 0.1) is 11.6 Å². The standard InChI is InChI=1S/C15H11F2NO3/c16-12-2-1-3-13(17)11(12)7-20-9-4-5-10-14(18-19)8-21-15(10)6-9/h1-6,19H,7-8H2/b18-14-. The Balaban J connectivity index is 1.78. The second-order valence-corrected chi connectivity index (χ2v) is 4.48. The molecule has 2 aromatic carbocycles. The molecule has 0 atom stereocenters. The van der Waals surface area contributed by atoms with Crippen molar-refractivity contribution in [3.05, 3.63) is 59.2 Å². The first-order chi connectivity index (χ1) is 10.2. The Kier molecular flexibility index (Phi) is 3.43. The number of oxime groups is 1. The third-order valence-corrected chi connectivity index (χ3v) is 3.19. The van der Waals surface area contributed by atoms with Crippen LogP contribution in [0.25, 0.3) is 0 Å². The van der Waals surface area contributed by atoms with E-state index in [-0.39, 0.29) is 18.8 Å². The molecule has 2 aromatic rings. The van der Waals surface area contributed by atoms with Gasteiger partial charge in [0.05, 0.1) is 5.56 Å². The Morgan fingerprint density at radius 1 is 1.19 bits per heavy atom. The zero-order chi connectivity index (χ0) is 14.8. The van der Waals surface area contributed by atoms with E-state index in [0.717, 1.165) is 0 Å². The van der Waals surface area contributed by atoms with Crippen LogP contribution in [-0.4, -0.2) is 17.5 Å². The minimum Gasteiger partial charge on any atom is -0.489 e. The molecule has 1 aliphatic heterocycles. The van der Waals surface area contributed by atoms with E-state index in [4.69, 9.17) is 14.7 Å².